The summed E-state index contributed by atoms with van der Waals surface area (Å²) in [5.41, 5.74) is 8.39. The van der Waals surface area contributed by atoms with E-state index in [1.165, 1.54) is 0 Å². The van der Waals surface area contributed by atoms with E-state index in [-0.39, 0.29) is 5.82 Å². The van der Waals surface area contributed by atoms with Gasteiger partial charge in [-0.05, 0) is 25.7 Å². The fraction of sp³-hybridized carbons (Fsp3) is 0.556. The highest BCUT2D eigenvalue weighted by Gasteiger charge is 2.36. The molecule has 3 nitrogen and oxygen atoms in total. The summed E-state index contributed by atoms with van der Waals surface area (Å²) < 4.78 is 37.0. The molecule has 1 aromatic heterocycles. The molecule has 15 heavy (non-hydrogen) atoms. The number of halogens is 3. The summed E-state index contributed by atoms with van der Waals surface area (Å²) in [6.07, 6.45) is -1.68. The molecule has 1 radical (unpaired) electrons. The second-order valence-electron chi connectivity index (χ2n) is 3.53. The molecule has 0 amide bonds. The molecule has 1 aliphatic rings. The molecule has 6 heteroatoms. The molecule has 0 atom stereocenters. The van der Waals surface area contributed by atoms with Gasteiger partial charge in [0, 0.05) is 11.3 Å². The van der Waals surface area contributed by atoms with Gasteiger partial charge in [-0.15, -0.1) is 0 Å². The molecule has 81 valence electrons. The van der Waals surface area contributed by atoms with Gasteiger partial charge in [-0.2, -0.15) is 13.2 Å². The molecule has 1 heterocycles. The minimum Gasteiger partial charge on any atom is -0.283 e. The predicted octanol–water partition coefficient (Wildman–Crippen LogP) is 2.29. The van der Waals surface area contributed by atoms with E-state index in [9.17, 15) is 13.2 Å². The van der Waals surface area contributed by atoms with Crippen molar-refractivity contribution in [1.29, 1.82) is 0 Å². The van der Waals surface area contributed by atoms with Gasteiger partial charge in [0.2, 0.25) is 5.82 Å². The molecule has 1 aliphatic carbocycles. The van der Waals surface area contributed by atoms with Crippen LogP contribution in [-0.2, 0) is 19.0 Å². The molecule has 0 aliphatic heterocycles. The maximum Gasteiger partial charge on any atom is 0.451 e. The van der Waals surface area contributed by atoms with Gasteiger partial charge in [0.15, 0.2) is 5.82 Å². The van der Waals surface area contributed by atoms with E-state index in [1.807, 2.05) is 0 Å². The summed E-state index contributed by atoms with van der Waals surface area (Å²) in [6, 6.07) is 0. The van der Waals surface area contributed by atoms with Crippen molar-refractivity contribution in [2.24, 2.45) is 0 Å². The number of aromatic nitrogens is 2. The number of nitrogens with zero attached hydrogens (tertiary/aromatic N) is 2. The third-order valence-corrected chi connectivity index (χ3v) is 2.44. The van der Waals surface area contributed by atoms with Crippen LogP contribution in [0.25, 0.3) is 0 Å². The lowest BCUT2D eigenvalue weighted by Gasteiger charge is -2.17. The first-order valence-electron chi connectivity index (χ1n) is 4.67. The lowest BCUT2D eigenvalue weighted by molar-refractivity contribution is -0.145. The molecule has 0 spiro atoms. The zero-order valence-electron chi connectivity index (χ0n) is 7.86. The van der Waals surface area contributed by atoms with Crippen LogP contribution >= 0.6 is 0 Å². The SMILES string of the molecule is [NH]c1nc(C(F)(F)F)nc2c1CCCC2. The summed E-state index contributed by atoms with van der Waals surface area (Å²) in [7, 11) is 0. The van der Waals surface area contributed by atoms with Crippen molar-refractivity contribution in [1.82, 2.24) is 15.7 Å². The van der Waals surface area contributed by atoms with E-state index in [4.69, 9.17) is 5.73 Å². The molecule has 1 N–H and O–H groups in total. The standard InChI is InChI=1S/C9H9F3N3/c10-9(11,12)8-14-6-4-2-1-3-5(6)7(13)15-8/h13H,1-4H2. The quantitative estimate of drug-likeness (QED) is 0.668. The van der Waals surface area contributed by atoms with Crippen LogP contribution in [0.2, 0.25) is 0 Å². The van der Waals surface area contributed by atoms with Crippen LogP contribution in [-0.4, -0.2) is 9.97 Å². The van der Waals surface area contributed by atoms with Gasteiger partial charge in [0.25, 0.3) is 0 Å². The third-order valence-electron chi connectivity index (χ3n) is 2.44. The molecule has 0 saturated carbocycles. The Balaban J connectivity index is 2.50. The zero-order valence-corrected chi connectivity index (χ0v) is 7.86. The highest BCUT2D eigenvalue weighted by molar-refractivity contribution is 5.40. The first-order valence-corrected chi connectivity index (χ1v) is 4.67. The lowest BCUT2D eigenvalue weighted by atomic mass is 9.96. The van der Waals surface area contributed by atoms with Gasteiger partial charge < -0.3 is 0 Å². The average Bonchev–Trinajstić information content (AvgIpc) is 2.16. The minimum absolute atomic E-state index is 0.271. The van der Waals surface area contributed by atoms with Crippen LogP contribution in [0.15, 0.2) is 0 Å². The van der Waals surface area contributed by atoms with Gasteiger partial charge in [-0.1, -0.05) is 0 Å². The Labute approximate surface area is 84.5 Å². The molecular formula is C9H9F3N3. The largest absolute Gasteiger partial charge is 0.451 e. The van der Waals surface area contributed by atoms with Crippen molar-refractivity contribution in [3.05, 3.63) is 17.1 Å². The first-order chi connectivity index (χ1) is 6.98. The fourth-order valence-electron chi connectivity index (χ4n) is 1.72. The van der Waals surface area contributed by atoms with E-state index in [2.05, 4.69) is 9.97 Å². The number of alkyl halides is 3. The van der Waals surface area contributed by atoms with Crippen LogP contribution in [0.5, 0.6) is 0 Å². The minimum atomic E-state index is -4.55. The lowest BCUT2D eigenvalue weighted by Crippen LogP contribution is -2.17. The van der Waals surface area contributed by atoms with Crippen molar-refractivity contribution in [3.63, 3.8) is 0 Å². The normalized spacial score (nSPS) is 16.2. The summed E-state index contributed by atoms with van der Waals surface area (Å²) in [6.45, 7) is 0. The highest BCUT2D eigenvalue weighted by Crippen LogP contribution is 2.31. The van der Waals surface area contributed by atoms with E-state index in [0.29, 0.717) is 24.1 Å². The van der Waals surface area contributed by atoms with E-state index >= 15 is 0 Å². The number of fused-ring (bicyclic) bond motifs is 1. The Hall–Kier alpha value is -1.33. The van der Waals surface area contributed by atoms with Crippen LogP contribution in [0, 0.1) is 0 Å². The third kappa shape index (κ3) is 1.88. The number of rotatable bonds is 0. The number of nitrogens with one attached hydrogen (secondary N) is 1. The van der Waals surface area contributed by atoms with Gasteiger partial charge in [0.1, 0.15) is 0 Å². The fourth-order valence-corrected chi connectivity index (χ4v) is 1.72. The van der Waals surface area contributed by atoms with E-state index < -0.39 is 12.0 Å². The van der Waals surface area contributed by atoms with Gasteiger partial charge >= 0.3 is 6.18 Å². The van der Waals surface area contributed by atoms with Gasteiger partial charge in [0.05, 0.1) is 0 Å². The number of hydrogen-bond donors (Lipinski definition) is 0. The monoisotopic (exact) mass is 216 g/mol. The topological polar surface area (TPSA) is 49.6 Å². The summed E-state index contributed by atoms with van der Waals surface area (Å²) in [5, 5.41) is 0. The molecule has 1 aromatic rings. The summed E-state index contributed by atoms with van der Waals surface area (Å²) in [4.78, 5) is 6.68. The Morgan fingerprint density at radius 1 is 1.07 bits per heavy atom. The molecule has 0 bridgehead atoms. The molecular weight excluding hydrogens is 207 g/mol. The molecule has 0 saturated heterocycles. The summed E-state index contributed by atoms with van der Waals surface area (Å²) in [5.74, 6) is -1.46. The average molecular weight is 216 g/mol. The molecule has 0 unspecified atom stereocenters. The van der Waals surface area contributed by atoms with Crippen LogP contribution in [0.3, 0.4) is 0 Å². The van der Waals surface area contributed by atoms with Crippen LogP contribution in [0.1, 0.15) is 29.9 Å². The number of hydrogen-bond acceptors (Lipinski definition) is 2. The van der Waals surface area contributed by atoms with Crippen molar-refractivity contribution in [3.8, 4) is 0 Å². The smallest absolute Gasteiger partial charge is 0.283 e. The van der Waals surface area contributed by atoms with Crippen molar-refractivity contribution in [2.45, 2.75) is 31.9 Å². The molecule has 0 fully saturated rings. The maximum absolute atomic E-state index is 12.3. The second kappa shape index (κ2) is 3.36. The number of aryl methyl sites for hydroxylation is 1. The Bertz CT molecular complexity index is 387. The first kappa shape index (κ1) is 10.2. The zero-order chi connectivity index (χ0) is 11.1. The maximum atomic E-state index is 12.3. The van der Waals surface area contributed by atoms with Gasteiger partial charge in [-0.3, -0.25) is 5.73 Å². The van der Waals surface area contributed by atoms with Crippen LogP contribution in [0.4, 0.5) is 19.0 Å². The Morgan fingerprint density at radius 3 is 2.40 bits per heavy atom. The Kier molecular flexibility index (Phi) is 2.28. The van der Waals surface area contributed by atoms with Crippen molar-refractivity contribution >= 4 is 5.82 Å². The molecule has 2 rings (SSSR count). The molecule has 0 aromatic carbocycles. The van der Waals surface area contributed by atoms with Gasteiger partial charge in [-0.25, -0.2) is 9.97 Å². The predicted molar refractivity (Wildman–Crippen MR) is 46.4 cm³/mol. The van der Waals surface area contributed by atoms with Crippen molar-refractivity contribution in [2.75, 3.05) is 0 Å². The second-order valence-corrected chi connectivity index (χ2v) is 3.53. The van der Waals surface area contributed by atoms with Crippen molar-refractivity contribution < 1.29 is 13.2 Å². The van der Waals surface area contributed by atoms with Crippen LogP contribution < -0.4 is 5.73 Å². The summed E-state index contributed by atoms with van der Waals surface area (Å²) >= 11 is 0. The Morgan fingerprint density at radius 2 is 1.73 bits per heavy atom. The van der Waals surface area contributed by atoms with E-state index in [1.54, 1.807) is 0 Å². The van der Waals surface area contributed by atoms with E-state index in [0.717, 1.165) is 12.8 Å². The highest BCUT2D eigenvalue weighted by atomic mass is 19.4.